The Labute approximate surface area is 184 Å². The van der Waals surface area contributed by atoms with Crippen LogP contribution in [0.25, 0.3) is 20.7 Å². The van der Waals surface area contributed by atoms with Crippen LogP contribution in [0.2, 0.25) is 0 Å². The minimum absolute atomic E-state index is 0.0121. The van der Waals surface area contributed by atoms with Gasteiger partial charge in [-0.3, -0.25) is 4.79 Å². The highest BCUT2D eigenvalue weighted by molar-refractivity contribution is 8.00. The number of nitrogens with zero attached hydrogens (tertiary/aromatic N) is 3. The molecule has 4 rings (SSSR count). The molecule has 4 aromatic rings. The molecule has 0 fully saturated rings. The van der Waals surface area contributed by atoms with Gasteiger partial charge in [-0.25, -0.2) is 9.97 Å². The lowest BCUT2D eigenvalue weighted by Gasteiger charge is -2.12. The fourth-order valence-corrected chi connectivity index (χ4v) is 4.86. The molecule has 0 spiro atoms. The highest BCUT2D eigenvalue weighted by Gasteiger charge is 2.12. The number of carbonyl (C=O) groups is 1. The van der Waals surface area contributed by atoms with Gasteiger partial charge in [-0.15, -0.1) is 11.3 Å². The molecule has 0 saturated carbocycles. The summed E-state index contributed by atoms with van der Waals surface area (Å²) in [5.74, 6) is 0.306. The number of thioether (sulfide) groups is 1. The second-order valence-corrected chi connectivity index (χ2v) is 9.00. The van der Waals surface area contributed by atoms with Gasteiger partial charge in [0.25, 0.3) is 0 Å². The molecular formula is C23H22N4OS2. The molecule has 1 amide bonds. The van der Waals surface area contributed by atoms with E-state index in [0.717, 1.165) is 36.9 Å². The van der Waals surface area contributed by atoms with Gasteiger partial charge in [-0.2, -0.15) is 0 Å². The van der Waals surface area contributed by atoms with Gasteiger partial charge < -0.3 is 10.2 Å². The van der Waals surface area contributed by atoms with E-state index < -0.39 is 0 Å². The summed E-state index contributed by atoms with van der Waals surface area (Å²) in [6, 6.07) is 20.5. The fraction of sp³-hybridized carbons (Fsp3) is 0.174. The number of anilines is 1. The number of aromatic nitrogens is 2. The molecule has 1 N–H and O–H groups in total. The van der Waals surface area contributed by atoms with E-state index in [9.17, 15) is 4.79 Å². The third-order valence-electron chi connectivity index (χ3n) is 4.63. The third kappa shape index (κ3) is 4.80. The molecule has 30 heavy (non-hydrogen) atoms. The zero-order valence-corrected chi connectivity index (χ0v) is 18.5. The number of nitrogens with one attached hydrogen (secondary N) is 1. The number of thiophene rings is 1. The average molecular weight is 435 g/mol. The molecule has 0 atom stereocenters. The summed E-state index contributed by atoms with van der Waals surface area (Å²) in [5.41, 5.74) is 3.38. The molecule has 2 aromatic heterocycles. The van der Waals surface area contributed by atoms with Crippen molar-refractivity contribution in [2.75, 3.05) is 24.7 Å². The predicted molar refractivity (Wildman–Crippen MR) is 126 cm³/mol. The Kier molecular flexibility index (Phi) is 6.30. The molecule has 5 nitrogen and oxygen atoms in total. The Hall–Kier alpha value is -2.90. The van der Waals surface area contributed by atoms with Gasteiger partial charge >= 0.3 is 0 Å². The van der Waals surface area contributed by atoms with Crippen LogP contribution in [0.15, 0.2) is 72.0 Å². The maximum absolute atomic E-state index is 12.3. The van der Waals surface area contributed by atoms with Crippen molar-refractivity contribution in [1.29, 1.82) is 0 Å². The van der Waals surface area contributed by atoms with Gasteiger partial charge in [0.1, 0.15) is 16.2 Å². The fourth-order valence-electron chi connectivity index (χ4n) is 2.99. The average Bonchev–Trinajstić information content (AvgIpc) is 3.22. The molecule has 7 heteroatoms. The Bertz CT molecular complexity index is 1140. The third-order valence-corrected chi connectivity index (χ3v) is 6.73. The zero-order chi connectivity index (χ0) is 20.9. The van der Waals surface area contributed by atoms with Crippen LogP contribution in [-0.4, -0.2) is 35.7 Å². The zero-order valence-electron chi connectivity index (χ0n) is 16.8. The van der Waals surface area contributed by atoms with Gasteiger partial charge in [-0.1, -0.05) is 54.2 Å². The molecule has 0 saturated heterocycles. The summed E-state index contributed by atoms with van der Waals surface area (Å²) < 4.78 is 0. The number of hydrogen-bond acceptors (Lipinski definition) is 6. The van der Waals surface area contributed by atoms with E-state index in [0.29, 0.717) is 12.3 Å². The Morgan fingerprint density at radius 2 is 1.83 bits per heavy atom. The minimum atomic E-state index is -0.0121. The van der Waals surface area contributed by atoms with E-state index in [2.05, 4.69) is 50.5 Å². The monoisotopic (exact) mass is 434 g/mol. The van der Waals surface area contributed by atoms with Crippen LogP contribution >= 0.6 is 23.1 Å². The molecular weight excluding hydrogens is 412 g/mol. The van der Waals surface area contributed by atoms with Crippen LogP contribution < -0.4 is 10.2 Å². The lowest BCUT2D eigenvalue weighted by Crippen LogP contribution is -2.24. The van der Waals surface area contributed by atoms with Crippen molar-refractivity contribution in [3.8, 4) is 10.4 Å². The van der Waals surface area contributed by atoms with E-state index in [1.54, 1.807) is 17.7 Å². The molecule has 0 unspecified atom stereocenters. The first-order valence-corrected chi connectivity index (χ1v) is 11.4. The maximum atomic E-state index is 12.3. The van der Waals surface area contributed by atoms with Crippen molar-refractivity contribution in [2.24, 2.45) is 0 Å². The van der Waals surface area contributed by atoms with E-state index in [1.165, 1.54) is 11.8 Å². The molecule has 0 aliphatic carbocycles. The number of benzene rings is 2. The van der Waals surface area contributed by atoms with Crippen LogP contribution in [0.3, 0.4) is 0 Å². The first kappa shape index (κ1) is 20.4. The van der Waals surface area contributed by atoms with E-state index in [-0.39, 0.29) is 5.91 Å². The van der Waals surface area contributed by atoms with Crippen molar-refractivity contribution in [3.05, 3.63) is 72.6 Å². The first-order valence-electron chi connectivity index (χ1n) is 9.56. The summed E-state index contributed by atoms with van der Waals surface area (Å²) in [5, 5.41) is 4.82. The van der Waals surface area contributed by atoms with Crippen LogP contribution in [0, 0.1) is 0 Å². The minimum Gasteiger partial charge on any atom is -0.378 e. The first-order chi connectivity index (χ1) is 14.6. The van der Waals surface area contributed by atoms with E-state index in [4.69, 9.17) is 0 Å². The van der Waals surface area contributed by atoms with Crippen molar-refractivity contribution in [1.82, 2.24) is 15.3 Å². The van der Waals surface area contributed by atoms with Gasteiger partial charge in [0, 0.05) is 36.6 Å². The number of rotatable bonds is 7. The summed E-state index contributed by atoms with van der Waals surface area (Å²) in [4.78, 5) is 25.3. The number of hydrogen-bond donors (Lipinski definition) is 1. The van der Waals surface area contributed by atoms with Gasteiger partial charge in [-0.05, 0) is 29.3 Å². The summed E-state index contributed by atoms with van der Waals surface area (Å²) in [7, 11) is 4.02. The topological polar surface area (TPSA) is 58.1 Å². The largest absolute Gasteiger partial charge is 0.378 e. The van der Waals surface area contributed by atoms with Crippen molar-refractivity contribution < 1.29 is 4.79 Å². The lowest BCUT2D eigenvalue weighted by atomic mass is 10.2. The van der Waals surface area contributed by atoms with Crippen molar-refractivity contribution in [2.45, 2.75) is 11.6 Å². The standard InChI is InChI=1S/C23H22N4OS2/c1-27(2)18-10-8-16(9-11-18)13-24-21(28)14-29-22-19-12-20(17-6-4-3-5-7-17)30-23(19)26-15-25-22/h3-12,15H,13-14H2,1-2H3,(H,24,28). The lowest BCUT2D eigenvalue weighted by molar-refractivity contribution is -0.118. The molecule has 2 heterocycles. The van der Waals surface area contributed by atoms with Gasteiger partial charge in [0.15, 0.2) is 0 Å². The van der Waals surface area contributed by atoms with Crippen LogP contribution in [0.1, 0.15) is 5.56 Å². The summed E-state index contributed by atoms with van der Waals surface area (Å²) >= 11 is 3.09. The van der Waals surface area contributed by atoms with Crippen molar-refractivity contribution >= 4 is 44.9 Å². The molecule has 0 radical (unpaired) electrons. The second-order valence-electron chi connectivity index (χ2n) is 7.00. The SMILES string of the molecule is CN(C)c1ccc(CNC(=O)CSc2ncnc3sc(-c4ccccc4)cc23)cc1. The smallest absolute Gasteiger partial charge is 0.230 e. The van der Waals surface area contributed by atoms with Crippen molar-refractivity contribution in [3.63, 3.8) is 0 Å². The normalized spacial score (nSPS) is 10.9. The highest BCUT2D eigenvalue weighted by Crippen LogP contribution is 2.35. The quantitative estimate of drug-likeness (QED) is 0.333. The van der Waals surface area contributed by atoms with Crippen LogP contribution in [0.4, 0.5) is 5.69 Å². The predicted octanol–water partition coefficient (Wildman–Crippen LogP) is 4.83. The van der Waals surface area contributed by atoms with E-state index in [1.807, 2.05) is 44.4 Å². The Balaban J connectivity index is 1.38. The number of carbonyl (C=O) groups excluding carboxylic acids is 1. The van der Waals surface area contributed by atoms with Gasteiger partial charge in [0.05, 0.1) is 5.75 Å². The summed E-state index contributed by atoms with van der Waals surface area (Å²) in [6.45, 7) is 0.517. The molecule has 0 bridgehead atoms. The summed E-state index contributed by atoms with van der Waals surface area (Å²) in [6.07, 6.45) is 1.57. The van der Waals surface area contributed by atoms with Gasteiger partial charge in [0.2, 0.25) is 5.91 Å². The molecule has 0 aliphatic heterocycles. The molecule has 2 aromatic carbocycles. The second kappa shape index (κ2) is 9.28. The number of amides is 1. The highest BCUT2D eigenvalue weighted by atomic mass is 32.2. The molecule has 0 aliphatic rings. The molecule has 152 valence electrons. The maximum Gasteiger partial charge on any atom is 0.230 e. The van der Waals surface area contributed by atoms with Crippen LogP contribution in [0.5, 0.6) is 0 Å². The van der Waals surface area contributed by atoms with Crippen LogP contribution in [-0.2, 0) is 11.3 Å². The Morgan fingerprint density at radius 1 is 1.07 bits per heavy atom. The Morgan fingerprint density at radius 3 is 2.57 bits per heavy atom. The number of fused-ring (bicyclic) bond motifs is 1. The van der Waals surface area contributed by atoms with E-state index >= 15 is 0 Å².